The SMILES string of the molecule is CCc1onc(-c2cncn2C(C)C)c1C(=O)O. The van der Waals surface area contributed by atoms with E-state index in [1.165, 1.54) is 0 Å². The zero-order chi connectivity index (χ0) is 13.3. The Hall–Kier alpha value is -2.11. The van der Waals surface area contributed by atoms with Gasteiger partial charge in [-0.1, -0.05) is 12.1 Å². The lowest BCUT2D eigenvalue weighted by Crippen LogP contribution is -2.05. The second kappa shape index (κ2) is 4.64. The van der Waals surface area contributed by atoms with Gasteiger partial charge in [0.25, 0.3) is 0 Å². The van der Waals surface area contributed by atoms with Gasteiger partial charge < -0.3 is 14.2 Å². The molecule has 0 unspecified atom stereocenters. The monoisotopic (exact) mass is 249 g/mol. The molecule has 0 atom stereocenters. The minimum atomic E-state index is -1.03. The van der Waals surface area contributed by atoms with Gasteiger partial charge in [-0.2, -0.15) is 0 Å². The van der Waals surface area contributed by atoms with Crippen molar-refractivity contribution in [2.45, 2.75) is 33.2 Å². The van der Waals surface area contributed by atoms with Crippen LogP contribution in [0.2, 0.25) is 0 Å². The molecule has 0 fully saturated rings. The predicted octanol–water partition coefficient (Wildman–Crippen LogP) is 2.38. The fourth-order valence-electron chi connectivity index (χ4n) is 1.86. The van der Waals surface area contributed by atoms with Gasteiger partial charge in [0.15, 0.2) is 5.76 Å². The summed E-state index contributed by atoms with van der Waals surface area (Å²) in [5.41, 5.74) is 1.12. The minimum Gasteiger partial charge on any atom is -0.477 e. The van der Waals surface area contributed by atoms with E-state index in [1.807, 2.05) is 25.3 Å². The highest BCUT2D eigenvalue weighted by molar-refractivity contribution is 5.95. The molecule has 0 aliphatic carbocycles. The summed E-state index contributed by atoms with van der Waals surface area (Å²) < 4.78 is 6.96. The van der Waals surface area contributed by atoms with Gasteiger partial charge in [-0.15, -0.1) is 0 Å². The van der Waals surface area contributed by atoms with E-state index < -0.39 is 5.97 Å². The fourth-order valence-corrected chi connectivity index (χ4v) is 1.86. The summed E-state index contributed by atoms with van der Waals surface area (Å²) in [6.07, 6.45) is 3.75. The topological polar surface area (TPSA) is 81.2 Å². The molecule has 2 rings (SSSR count). The highest BCUT2D eigenvalue weighted by Gasteiger charge is 2.24. The van der Waals surface area contributed by atoms with Crippen LogP contribution in [0.5, 0.6) is 0 Å². The van der Waals surface area contributed by atoms with E-state index in [2.05, 4.69) is 10.1 Å². The minimum absolute atomic E-state index is 0.125. The Kier molecular flexibility index (Phi) is 3.18. The second-order valence-electron chi connectivity index (χ2n) is 4.27. The fraction of sp³-hybridized carbons (Fsp3) is 0.417. The van der Waals surface area contributed by atoms with Crippen molar-refractivity contribution >= 4 is 5.97 Å². The Bertz CT molecular complexity index is 569. The highest BCUT2D eigenvalue weighted by atomic mass is 16.5. The first-order chi connectivity index (χ1) is 8.56. The third kappa shape index (κ3) is 1.90. The molecule has 2 aromatic rings. The molecule has 96 valence electrons. The molecule has 2 aromatic heterocycles. The van der Waals surface area contributed by atoms with Gasteiger partial charge in [-0.25, -0.2) is 9.78 Å². The van der Waals surface area contributed by atoms with E-state index in [0.717, 1.165) is 0 Å². The lowest BCUT2D eigenvalue weighted by molar-refractivity contribution is 0.0695. The number of hydrogen-bond acceptors (Lipinski definition) is 4. The standard InChI is InChI=1S/C12H15N3O3/c1-4-9-10(12(16)17)11(14-18-9)8-5-13-6-15(8)7(2)3/h5-7H,4H2,1-3H3,(H,16,17). The summed E-state index contributed by atoms with van der Waals surface area (Å²) in [6.45, 7) is 5.81. The second-order valence-corrected chi connectivity index (χ2v) is 4.27. The highest BCUT2D eigenvalue weighted by Crippen LogP contribution is 2.27. The van der Waals surface area contributed by atoms with Crippen LogP contribution in [0.3, 0.4) is 0 Å². The van der Waals surface area contributed by atoms with Crippen molar-refractivity contribution in [3.63, 3.8) is 0 Å². The van der Waals surface area contributed by atoms with Crippen LogP contribution in [0, 0.1) is 0 Å². The summed E-state index contributed by atoms with van der Waals surface area (Å²) in [5.74, 6) is -0.645. The molecular weight excluding hydrogens is 234 g/mol. The van der Waals surface area contributed by atoms with E-state index >= 15 is 0 Å². The molecular formula is C12H15N3O3. The van der Waals surface area contributed by atoms with E-state index in [4.69, 9.17) is 4.52 Å². The first-order valence-corrected chi connectivity index (χ1v) is 5.80. The maximum Gasteiger partial charge on any atom is 0.341 e. The first kappa shape index (κ1) is 12.3. The van der Waals surface area contributed by atoms with Crippen LogP contribution in [-0.2, 0) is 6.42 Å². The molecule has 0 amide bonds. The number of carbonyl (C=O) groups is 1. The lowest BCUT2D eigenvalue weighted by Gasteiger charge is -2.09. The van der Waals surface area contributed by atoms with Crippen molar-refractivity contribution in [2.75, 3.05) is 0 Å². The smallest absolute Gasteiger partial charge is 0.341 e. The van der Waals surface area contributed by atoms with Crippen molar-refractivity contribution < 1.29 is 14.4 Å². The van der Waals surface area contributed by atoms with Crippen molar-refractivity contribution in [1.82, 2.24) is 14.7 Å². The molecule has 6 heteroatoms. The van der Waals surface area contributed by atoms with E-state index in [1.54, 1.807) is 12.5 Å². The molecule has 0 radical (unpaired) electrons. The number of aromatic nitrogens is 3. The largest absolute Gasteiger partial charge is 0.477 e. The molecule has 18 heavy (non-hydrogen) atoms. The van der Waals surface area contributed by atoms with E-state index in [9.17, 15) is 9.90 Å². The number of carboxylic acid groups (broad SMARTS) is 1. The van der Waals surface area contributed by atoms with Gasteiger partial charge in [0, 0.05) is 12.5 Å². The zero-order valence-corrected chi connectivity index (χ0v) is 10.5. The maximum atomic E-state index is 11.3. The van der Waals surface area contributed by atoms with Crippen molar-refractivity contribution in [2.24, 2.45) is 0 Å². The normalized spacial score (nSPS) is 11.1. The number of nitrogens with zero attached hydrogens (tertiary/aromatic N) is 3. The first-order valence-electron chi connectivity index (χ1n) is 5.80. The van der Waals surface area contributed by atoms with Gasteiger partial charge in [-0.05, 0) is 13.8 Å². The average molecular weight is 249 g/mol. The summed E-state index contributed by atoms with van der Waals surface area (Å²) in [5, 5.41) is 13.1. The van der Waals surface area contributed by atoms with Gasteiger partial charge in [0.1, 0.15) is 11.3 Å². The average Bonchev–Trinajstić information content (AvgIpc) is 2.94. The Morgan fingerprint density at radius 1 is 1.56 bits per heavy atom. The van der Waals surface area contributed by atoms with Crippen molar-refractivity contribution in [3.05, 3.63) is 23.8 Å². The molecule has 0 aromatic carbocycles. The van der Waals surface area contributed by atoms with Gasteiger partial charge in [0.05, 0.1) is 18.2 Å². The van der Waals surface area contributed by atoms with Crippen LogP contribution in [0.1, 0.15) is 42.9 Å². The Labute approximate surface area is 104 Å². The van der Waals surface area contributed by atoms with E-state index in [0.29, 0.717) is 23.6 Å². The van der Waals surface area contributed by atoms with Crippen LogP contribution in [0.25, 0.3) is 11.4 Å². The number of rotatable bonds is 4. The summed E-state index contributed by atoms with van der Waals surface area (Å²) in [6, 6.07) is 0.172. The number of aryl methyl sites for hydroxylation is 1. The van der Waals surface area contributed by atoms with Crippen molar-refractivity contribution in [3.8, 4) is 11.4 Å². The van der Waals surface area contributed by atoms with Gasteiger partial charge >= 0.3 is 5.97 Å². The zero-order valence-electron chi connectivity index (χ0n) is 10.5. The van der Waals surface area contributed by atoms with Gasteiger partial charge in [-0.3, -0.25) is 0 Å². The number of hydrogen-bond donors (Lipinski definition) is 1. The predicted molar refractivity (Wildman–Crippen MR) is 64.4 cm³/mol. The third-order valence-corrected chi connectivity index (χ3v) is 2.76. The number of aromatic carboxylic acids is 1. The molecule has 0 saturated carbocycles. The van der Waals surface area contributed by atoms with Gasteiger partial charge in [0.2, 0.25) is 0 Å². The van der Waals surface area contributed by atoms with Crippen LogP contribution in [-0.4, -0.2) is 25.8 Å². The Morgan fingerprint density at radius 3 is 2.83 bits per heavy atom. The third-order valence-electron chi connectivity index (χ3n) is 2.76. The summed E-state index contributed by atoms with van der Waals surface area (Å²) in [4.78, 5) is 15.4. The molecule has 0 saturated heterocycles. The maximum absolute atomic E-state index is 11.3. The molecule has 0 aliphatic rings. The van der Waals surface area contributed by atoms with Crippen LogP contribution in [0.15, 0.2) is 17.0 Å². The molecule has 2 heterocycles. The Morgan fingerprint density at radius 2 is 2.28 bits per heavy atom. The molecule has 6 nitrogen and oxygen atoms in total. The summed E-state index contributed by atoms with van der Waals surface area (Å²) >= 11 is 0. The quantitative estimate of drug-likeness (QED) is 0.899. The Balaban J connectivity index is 2.61. The van der Waals surface area contributed by atoms with Crippen LogP contribution < -0.4 is 0 Å². The van der Waals surface area contributed by atoms with Crippen LogP contribution in [0.4, 0.5) is 0 Å². The van der Waals surface area contributed by atoms with Crippen molar-refractivity contribution in [1.29, 1.82) is 0 Å². The molecule has 0 aliphatic heterocycles. The van der Waals surface area contributed by atoms with Crippen LogP contribution >= 0.6 is 0 Å². The lowest BCUT2D eigenvalue weighted by atomic mass is 10.1. The molecule has 0 bridgehead atoms. The molecule has 1 N–H and O–H groups in total. The number of carboxylic acids is 1. The number of imidazole rings is 1. The van der Waals surface area contributed by atoms with E-state index in [-0.39, 0.29) is 11.6 Å². The molecule has 0 spiro atoms. The summed E-state index contributed by atoms with van der Waals surface area (Å²) in [7, 11) is 0.